The molecule has 182 valence electrons. The highest BCUT2D eigenvalue weighted by molar-refractivity contribution is 5.92. The van der Waals surface area contributed by atoms with Crippen LogP contribution in [0.5, 0.6) is 5.75 Å². The molecule has 5 rings (SSSR count). The summed E-state index contributed by atoms with van der Waals surface area (Å²) in [6.07, 6.45) is 3.88. The average Bonchev–Trinajstić information content (AvgIpc) is 3.38. The van der Waals surface area contributed by atoms with E-state index in [1.807, 2.05) is 31.2 Å². The first-order chi connectivity index (χ1) is 17.5. The molecular weight excluding hydrogens is 460 g/mol. The van der Waals surface area contributed by atoms with E-state index in [9.17, 15) is 4.39 Å². The Morgan fingerprint density at radius 2 is 1.89 bits per heavy atom. The van der Waals surface area contributed by atoms with Gasteiger partial charge in [0.15, 0.2) is 11.6 Å². The number of aromatic amines is 1. The van der Waals surface area contributed by atoms with Crippen molar-refractivity contribution in [2.24, 2.45) is 0 Å². The molecular formula is C28H25F2N5O. The van der Waals surface area contributed by atoms with E-state index in [2.05, 4.69) is 20.3 Å². The molecule has 0 aliphatic rings. The Hall–Kier alpha value is -4.46. The molecule has 3 aromatic carbocycles. The molecule has 5 aromatic rings. The maximum Gasteiger partial charge on any atom is 0.170 e. The summed E-state index contributed by atoms with van der Waals surface area (Å²) in [4.78, 5) is 11.8. The van der Waals surface area contributed by atoms with E-state index in [0.717, 1.165) is 22.0 Å². The molecule has 0 radical (unpaired) electrons. The maximum atomic E-state index is 15.6. The lowest BCUT2D eigenvalue weighted by Gasteiger charge is -2.21. The standard InChI is InChI=1S/C28H25F2N5O/c1-3-16-12-21(25(30)24(13-16)36-2)26(28-33-15-23(35-28)20-6-4-5-7-22(20)29)34-18-8-9-19-17(14-18)10-11-32-27(19)31/h4-15,26,34H,3H2,1-2H3,(H2,31,32)(H,33,35). The fraction of sp³-hybridized carbons (Fsp3) is 0.143. The minimum Gasteiger partial charge on any atom is -0.494 e. The van der Waals surface area contributed by atoms with Crippen LogP contribution in [0.3, 0.4) is 0 Å². The molecule has 6 nitrogen and oxygen atoms in total. The predicted octanol–water partition coefficient (Wildman–Crippen LogP) is 6.26. The third-order valence-electron chi connectivity index (χ3n) is 6.21. The third kappa shape index (κ3) is 4.33. The Morgan fingerprint density at radius 1 is 1.06 bits per heavy atom. The van der Waals surface area contributed by atoms with Gasteiger partial charge in [0.1, 0.15) is 23.5 Å². The van der Waals surface area contributed by atoms with Crippen LogP contribution in [-0.2, 0) is 6.42 Å². The van der Waals surface area contributed by atoms with Gasteiger partial charge in [-0.2, -0.15) is 0 Å². The summed E-state index contributed by atoms with van der Waals surface area (Å²) in [6.45, 7) is 1.99. The number of rotatable bonds is 7. The van der Waals surface area contributed by atoms with Crippen molar-refractivity contribution in [3.8, 4) is 17.0 Å². The van der Waals surface area contributed by atoms with E-state index in [0.29, 0.717) is 34.9 Å². The number of imidazole rings is 1. The van der Waals surface area contributed by atoms with Crippen molar-refractivity contribution >= 4 is 22.3 Å². The second kappa shape index (κ2) is 9.65. The average molecular weight is 486 g/mol. The molecule has 0 amide bonds. The van der Waals surface area contributed by atoms with Crippen LogP contribution in [0.4, 0.5) is 20.3 Å². The van der Waals surface area contributed by atoms with Crippen LogP contribution in [0.2, 0.25) is 0 Å². The van der Waals surface area contributed by atoms with Gasteiger partial charge in [-0.1, -0.05) is 25.1 Å². The number of hydrogen-bond acceptors (Lipinski definition) is 5. The van der Waals surface area contributed by atoms with Gasteiger partial charge in [0.05, 0.1) is 19.0 Å². The Kier molecular flexibility index (Phi) is 6.25. The second-order valence-electron chi connectivity index (χ2n) is 8.43. The number of ether oxygens (including phenoxy) is 1. The number of halogens is 2. The number of H-pyrrole nitrogens is 1. The minimum absolute atomic E-state index is 0.148. The summed E-state index contributed by atoms with van der Waals surface area (Å²) in [6, 6.07) is 16.7. The van der Waals surface area contributed by atoms with E-state index in [-0.39, 0.29) is 11.6 Å². The quantitative estimate of drug-likeness (QED) is 0.253. The maximum absolute atomic E-state index is 15.6. The normalized spacial score (nSPS) is 12.0. The van der Waals surface area contributed by atoms with Crippen LogP contribution in [0.25, 0.3) is 22.0 Å². The van der Waals surface area contributed by atoms with E-state index >= 15 is 4.39 Å². The summed E-state index contributed by atoms with van der Waals surface area (Å²) in [5.74, 6) is 0.137. The molecule has 8 heteroatoms. The highest BCUT2D eigenvalue weighted by Crippen LogP contribution is 2.34. The number of methoxy groups -OCH3 is 1. The zero-order valence-corrected chi connectivity index (χ0v) is 19.8. The number of aromatic nitrogens is 3. The molecule has 0 saturated carbocycles. The zero-order valence-electron chi connectivity index (χ0n) is 19.8. The summed E-state index contributed by atoms with van der Waals surface area (Å²) in [5, 5.41) is 5.11. The van der Waals surface area contributed by atoms with Crippen molar-refractivity contribution in [1.82, 2.24) is 15.0 Å². The van der Waals surface area contributed by atoms with Crippen LogP contribution in [0.1, 0.15) is 29.9 Å². The SMILES string of the molecule is CCc1cc(OC)c(F)c(C(Nc2ccc3c(N)nccc3c2)c2ncc(-c3ccccc3F)[nH]2)c1. The van der Waals surface area contributed by atoms with Gasteiger partial charge < -0.3 is 20.8 Å². The molecule has 0 spiro atoms. The highest BCUT2D eigenvalue weighted by Gasteiger charge is 2.25. The topological polar surface area (TPSA) is 88.8 Å². The predicted molar refractivity (Wildman–Crippen MR) is 138 cm³/mol. The van der Waals surface area contributed by atoms with Gasteiger partial charge in [-0.15, -0.1) is 0 Å². The number of benzene rings is 3. The number of hydrogen-bond donors (Lipinski definition) is 3. The van der Waals surface area contributed by atoms with Crippen LogP contribution in [0, 0.1) is 11.6 Å². The molecule has 0 aliphatic carbocycles. The Bertz CT molecular complexity index is 1550. The van der Waals surface area contributed by atoms with Crippen molar-refractivity contribution in [3.05, 3.63) is 102 Å². The molecule has 1 unspecified atom stereocenters. The molecule has 1 atom stereocenters. The molecule has 0 aliphatic heterocycles. The summed E-state index contributed by atoms with van der Waals surface area (Å²) >= 11 is 0. The monoisotopic (exact) mass is 485 g/mol. The Morgan fingerprint density at radius 3 is 2.67 bits per heavy atom. The van der Waals surface area contributed by atoms with Crippen molar-refractivity contribution < 1.29 is 13.5 Å². The van der Waals surface area contributed by atoms with E-state index in [4.69, 9.17) is 10.5 Å². The highest BCUT2D eigenvalue weighted by atomic mass is 19.1. The van der Waals surface area contributed by atoms with Crippen LogP contribution < -0.4 is 15.8 Å². The van der Waals surface area contributed by atoms with Gasteiger partial charge in [0, 0.05) is 28.4 Å². The van der Waals surface area contributed by atoms with Crippen molar-refractivity contribution in [1.29, 1.82) is 0 Å². The van der Waals surface area contributed by atoms with Gasteiger partial charge in [0.2, 0.25) is 0 Å². The smallest absolute Gasteiger partial charge is 0.170 e. The van der Waals surface area contributed by atoms with Crippen LogP contribution in [0.15, 0.2) is 73.1 Å². The Labute approximate surface area is 207 Å². The first-order valence-corrected chi connectivity index (χ1v) is 11.6. The fourth-order valence-corrected chi connectivity index (χ4v) is 4.29. The van der Waals surface area contributed by atoms with E-state index in [1.165, 1.54) is 13.2 Å². The number of nitrogens with one attached hydrogen (secondary N) is 2. The zero-order chi connectivity index (χ0) is 25.2. The van der Waals surface area contributed by atoms with Crippen LogP contribution in [-0.4, -0.2) is 22.1 Å². The first-order valence-electron chi connectivity index (χ1n) is 11.6. The number of nitrogens with two attached hydrogens (primary N) is 1. The molecule has 2 heterocycles. The molecule has 36 heavy (non-hydrogen) atoms. The van der Waals surface area contributed by atoms with Gasteiger partial charge in [-0.05, 0) is 59.8 Å². The van der Waals surface area contributed by atoms with Gasteiger partial charge in [-0.3, -0.25) is 0 Å². The van der Waals surface area contributed by atoms with Crippen molar-refractivity contribution in [3.63, 3.8) is 0 Å². The lowest BCUT2D eigenvalue weighted by Crippen LogP contribution is -2.16. The summed E-state index contributed by atoms with van der Waals surface area (Å²) < 4.78 is 35.4. The second-order valence-corrected chi connectivity index (χ2v) is 8.43. The van der Waals surface area contributed by atoms with Gasteiger partial charge in [-0.25, -0.2) is 18.7 Å². The van der Waals surface area contributed by atoms with E-state index in [1.54, 1.807) is 42.7 Å². The molecule has 0 bridgehead atoms. The first kappa shape index (κ1) is 23.3. The third-order valence-corrected chi connectivity index (χ3v) is 6.21. The number of nitrogen functional groups attached to an aromatic ring is 1. The van der Waals surface area contributed by atoms with Crippen LogP contribution >= 0.6 is 0 Å². The van der Waals surface area contributed by atoms with Gasteiger partial charge >= 0.3 is 0 Å². The number of pyridine rings is 1. The minimum atomic E-state index is -0.720. The number of nitrogens with zero attached hydrogens (tertiary/aromatic N) is 2. The number of fused-ring (bicyclic) bond motifs is 1. The lowest BCUT2D eigenvalue weighted by atomic mass is 9.99. The van der Waals surface area contributed by atoms with Gasteiger partial charge in [0.25, 0.3) is 0 Å². The van der Waals surface area contributed by atoms with Crippen molar-refractivity contribution in [2.75, 3.05) is 18.2 Å². The van der Waals surface area contributed by atoms with E-state index < -0.39 is 11.9 Å². The molecule has 2 aromatic heterocycles. The number of anilines is 2. The lowest BCUT2D eigenvalue weighted by molar-refractivity contribution is 0.383. The Balaban J connectivity index is 1.63. The molecule has 0 saturated heterocycles. The van der Waals surface area contributed by atoms with Crippen molar-refractivity contribution in [2.45, 2.75) is 19.4 Å². The summed E-state index contributed by atoms with van der Waals surface area (Å²) in [7, 11) is 1.44. The number of aryl methyl sites for hydroxylation is 1. The molecule has 4 N–H and O–H groups in total. The largest absolute Gasteiger partial charge is 0.494 e. The molecule has 0 fully saturated rings. The fourth-order valence-electron chi connectivity index (χ4n) is 4.29. The summed E-state index contributed by atoms with van der Waals surface area (Å²) in [5.41, 5.74) is 8.86.